The predicted molar refractivity (Wildman–Crippen MR) is 43.7 cm³/mol. The summed E-state index contributed by atoms with van der Waals surface area (Å²) in [6.07, 6.45) is 3.37. The van der Waals surface area contributed by atoms with E-state index >= 15 is 0 Å². The number of pyridine rings is 1. The first kappa shape index (κ1) is 6.40. The van der Waals surface area contributed by atoms with Gasteiger partial charge in [0, 0.05) is 18.1 Å². The van der Waals surface area contributed by atoms with Crippen LogP contribution in [0.2, 0.25) is 5.15 Å². The van der Waals surface area contributed by atoms with Crippen molar-refractivity contribution >= 4 is 23.2 Å². The lowest BCUT2D eigenvalue weighted by atomic mass is 10.4. The lowest BCUT2D eigenvalue weighted by molar-refractivity contribution is 1.05. The number of anilines is 1. The molecule has 2 heterocycles. The van der Waals surface area contributed by atoms with Crippen molar-refractivity contribution in [1.29, 1.82) is 0 Å². The molecule has 54 valence electrons. The number of hydrazone groups is 1. The van der Waals surface area contributed by atoms with Crippen LogP contribution in [0.4, 0.5) is 5.69 Å². The number of halogens is 1. The summed E-state index contributed by atoms with van der Waals surface area (Å²) in [4.78, 5) is 3.84. The molecule has 0 N–H and O–H groups in total. The Labute approximate surface area is 68.6 Å². The van der Waals surface area contributed by atoms with Crippen LogP contribution in [0, 0.1) is 0 Å². The van der Waals surface area contributed by atoms with Crippen molar-refractivity contribution in [3.63, 3.8) is 0 Å². The molecule has 1 aliphatic heterocycles. The second-order valence-corrected chi connectivity index (χ2v) is 2.43. The first-order valence-corrected chi connectivity index (χ1v) is 3.44. The molecule has 0 bridgehead atoms. The van der Waals surface area contributed by atoms with Crippen LogP contribution < -0.4 is 5.01 Å². The van der Waals surface area contributed by atoms with Gasteiger partial charge in [0.15, 0.2) is 0 Å². The van der Waals surface area contributed by atoms with Gasteiger partial charge in [-0.1, -0.05) is 11.6 Å². The molecule has 1 aromatic heterocycles. The minimum atomic E-state index is 0.470. The zero-order valence-corrected chi connectivity index (χ0v) is 6.28. The van der Waals surface area contributed by atoms with Crippen LogP contribution in [0.1, 0.15) is 0 Å². The van der Waals surface area contributed by atoms with Gasteiger partial charge in [-0.2, -0.15) is 0 Å². The quantitative estimate of drug-likeness (QED) is 0.592. The molecule has 0 radical (unpaired) electrons. The molecule has 0 saturated carbocycles. The van der Waals surface area contributed by atoms with Gasteiger partial charge in [0.25, 0.3) is 0 Å². The van der Waals surface area contributed by atoms with E-state index < -0.39 is 0 Å². The second kappa shape index (κ2) is 2.38. The highest BCUT2D eigenvalue weighted by Gasteiger charge is 2.04. The molecule has 0 spiro atoms. The highest BCUT2D eigenvalue weighted by molar-refractivity contribution is 6.29. The maximum absolute atomic E-state index is 5.66. The lowest BCUT2D eigenvalue weighted by Gasteiger charge is -2.14. The molecule has 1 aliphatic rings. The van der Waals surface area contributed by atoms with Crippen molar-refractivity contribution < 1.29 is 0 Å². The van der Waals surface area contributed by atoms with Gasteiger partial charge in [-0.3, -0.25) is 0 Å². The smallest absolute Gasteiger partial charge is 0.131 e. The Morgan fingerprint density at radius 3 is 2.91 bits per heavy atom. The first-order chi connectivity index (χ1) is 5.36. The van der Waals surface area contributed by atoms with Gasteiger partial charge >= 0.3 is 0 Å². The fourth-order valence-corrected chi connectivity index (χ4v) is 0.951. The summed E-state index contributed by atoms with van der Waals surface area (Å²) in [5.74, 6) is 2.64. The molecule has 1 aromatic rings. The molecule has 4 heteroatoms. The predicted octanol–water partition coefficient (Wildman–Crippen LogP) is 1.65. The lowest BCUT2D eigenvalue weighted by Crippen LogP contribution is -2.12. The molecule has 0 aromatic carbocycles. The topological polar surface area (TPSA) is 28.5 Å². The largest absolute Gasteiger partial charge is 0.244 e. The fourth-order valence-electron chi connectivity index (χ4n) is 0.782. The Kier molecular flexibility index (Phi) is 1.39. The standard InChI is InChI=1S/C7H4ClN3/c8-7-5-6(1-2-9-7)11-4-3-10-11/h1-2,4-5H. The number of hydrogen-bond donors (Lipinski definition) is 0. The Hall–Kier alpha value is -1.31. The third kappa shape index (κ3) is 1.11. The van der Waals surface area contributed by atoms with Gasteiger partial charge < -0.3 is 0 Å². The van der Waals surface area contributed by atoms with Crippen LogP contribution in [-0.2, 0) is 0 Å². The van der Waals surface area contributed by atoms with E-state index in [2.05, 4.69) is 16.0 Å². The van der Waals surface area contributed by atoms with Crippen LogP contribution in [0.5, 0.6) is 0 Å². The van der Waals surface area contributed by atoms with Crippen LogP contribution in [0.25, 0.3) is 0 Å². The van der Waals surface area contributed by atoms with Crippen molar-refractivity contribution in [3.8, 4) is 0 Å². The minimum absolute atomic E-state index is 0.470. The van der Waals surface area contributed by atoms with Crippen LogP contribution in [0.3, 0.4) is 0 Å². The van der Waals surface area contributed by atoms with Gasteiger partial charge in [-0.15, -0.1) is 5.10 Å². The first-order valence-electron chi connectivity index (χ1n) is 3.06. The van der Waals surface area contributed by atoms with Crippen molar-refractivity contribution in [2.75, 3.05) is 5.01 Å². The third-order valence-corrected chi connectivity index (χ3v) is 1.53. The van der Waals surface area contributed by atoms with Crippen LogP contribution >= 0.6 is 11.6 Å². The third-order valence-electron chi connectivity index (χ3n) is 1.32. The number of hydrogen-bond acceptors (Lipinski definition) is 3. The summed E-state index contributed by atoms with van der Waals surface area (Å²) in [5.41, 5.74) is 0.906. The van der Waals surface area contributed by atoms with E-state index in [1.54, 1.807) is 23.5 Å². The highest BCUT2D eigenvalue weighted by Crippen LogP contribution is 2.18. The van der Waals surface area contributed by atoms with Gasteiger partial charge in [0.05, 0.1) is 11.9 Å². The Morgan fingerprint density at radius 1 is 1.55 bits per heavy atom. The zero-order valence-electron chi connectivity index (χ0n) is 5.53. The van der Waals surface area contributed by atoms with E-state index in [9.17, 15) is 0 Å². The molecule has 0 saturated heterocycles. The van der Waals surface area contributed by atoms with E-state index in [1.165, 1.54) is 0 Å². The van der Waals surface area contributed by atoms with Crippen LogP contribution in [0.15, 0.2) is 29.6 Å². The molecule has 0 aliphatic carbocycles. The molecule has 2 rings (SSSR count). The second-order valence-electron chi connectivity index (χ2n) is 2.04. The van der Waals surface area contributed by atoms with E-state index in [1.807, 2.05) is 6.07 Å². The Bertz CT molecular complexity index is 333. The van der Waals surface area contributed by atoms with Gasteiger partial charge in [-0.25, -0.2) is 9.99 Å². The van der Waals surface area contributed by atoms with Gasteiger partial charge in [-0.05, 0) is 6.07 Å². The number of rotatable bonds is 1. The molecule has 11 heavy (non-hydrogen) atoms. The van der Waals surface area contributed by atoms with Gasteiger partial charge in [0.1, 0.15) is 5.15 Å². The summed E-state index contributed by atoms with van der Waals surface area (Å²) in [6.45, 7) is 0. The van der Waals surface area contributed by atoms with Gasteiger partial charge in [0.2, 0.25) is 0 Å². The monoisotopic (exact) mass is 165 g/mol. The van der Waals surface area contributed by atoms with Crippen molar-refractivity contribution in [2.45, 2.75) is 0 Å². The van der Waals surface area contributed by atoms with Crippen molar-refractivity contribution in [3.05, 3.63) is 29.7 Å². The van der Waals surface area contributed by atoms with Crippen molar-refractivity contribution in [2.24, 2.45) is 5.10 Å². The molecule has 0 fully saturated rings. The minimum Gasteiger partial charge on any atom is -0.244 e. The Balaban J connectivity index is 2.32. The van der Waals surface area contributed by atoms with Crippen LogP contribution in [-0.4, -0.2) is 10.9 Å². The van der Waals surface area contributed by atoms with E-state index in [-0.39, 0.29) is 0 Å². The maximum Gasteiger partial charge on any atom is 0.131 e. The van der Waals surface area contributed by atoms with E-state index in [0.29, 0.717) is 5.15 Å². The summed E-state index contributed by atoms with van der Waals surface area (Å²) in [5, 5.41) is 5.97. The summed E-state index contributed by atoms with van der Waals surface area (Å²) >= 11 is 5.66. The molecule has 3 nitrogen and oxygen atoms in total. The SMILES string of the molecule is Clc1cc(N2C=C=N2)ccn1. The zero-order chi connectivity index (χ0) is 7.68. The average Bonchev–Trinajstić information content (AvgIpc) is 1.83. The molecule has 0 atom stereocenters. The van der Waals surface area contributed by atoms with E-state index in [4.69, 9.17) is 11.6 Å². The van der Waals surface area contributed by atoms with E-state index in [0.717, 1.165) is 5.69 Å². The maximum atomic E-state index is 5.66. The summed E-state index contributed by atoms with van der Waals surface area (Å²) < 4.78 is 0. The normalized spacial score (nSPS) is 13.4. The molecular formula is C7H4ClN3. The Morgan fingerprint density at radius 2 is 2.36 bits per heavy atom. The fraction of sp³-hybridized carbons (Fsp3) is 0. The summed E-state index contributed by atoms with van der Waals surface area (Å²) in [6, 6.07) is 3.56. The average molecular weight is 166 g/mol. The molecular weight excluding hydrogens is 162 g/mol. The highest BCUT2D eigenvalue weighted by atomic mass is 35.5. The number of aromatic nitrogens is 1. The number of nitrogens with zero attached hydrogens (tertiary/aromatic N) is 3. The molecule has 0 unspecified atom stereocenters. The van der Waals surface area contributed by atoms with Crippen molar-refractivity contribution in [1.82, 2.24) is 4.98 Å². The molecule has 0 amide bonds. The summed E-state index contributed by atoms with van der Waals surface area (Å²) in [7, 11) is 0.